The summed E-state index contributed by atoms with van der Waals surface area (Å²) in [5.74, 6) is 0.514. The number of aryl methyl sites for hydroxylation is 1. The van der Waals surface area contributed by atoms with Gasteiger partial charge in [-0.3, -0.25) is 0 Å². The predicted molar refractivity (Wildman–Crippen MR) is 93.6 cm³/mol. The van der Waals surface area contributed by atoms with Crippen LogP contribution in [0.1, 0.15) is 62.0 Å². The Morgan fingerprint density at radius 2 is 2.04 bits per heavy atom. The molecule has 1 unspecified atom stereocenters. The fraction of sp³-hybridized carbons (Fsp3) is 0.579. The van der Waals surface area contributed by atoms with Gasteiger partial charge in [-0.25, -0.2) is 4.79 Å². The SMILES string of the molecule is COc1c(C(C)O)cc(C)c(C#N)c1C1CN(C(=O)OC(C)(C)C)C1. The molecule has 0 aliphatic carbocycles. The summed E-state index contributed by atoms with van der Waals surface area (Å²) in [6.45, 7) is 9.92. The minimum atomic E-state index is -0.706. The normalized spacial score (nSPS) is 16.0. The summed E-state index contributed by atoms with van der Waals surface area (Å²) in [5, 5.41) is 19.6. The second kappa shape index (κ2) is 6.93. The van der Waals surface area contributed by atoms with Crippen molar-refractivity contribution in [3.8, 4) is 11.8 Å². The maximum absolute atomic E-state index is 12.1. The average molecular weight is 346 g/mol. The van der Waals surface area contributed by atoms with Crippen LogP contribution in [0.4, 0.5) is 4.79 Å². The Kier molecular flexibility index (Phi) is 5.28. The zero-order chi connectivity index (χ0) is 18.9. The van der Waals surface area contributed by atoms with E-state index in [0.717, 1.165) is 11.1 Å². The van der Waals surface area contributed by atoms with Crippen LogP contribution in [0.25, 0.3) is 0 Å². The molecule has 0 spiro atoms. The molecule has 6 heteroatoms. The van der Waals surface area contributed by atoms with Crippen LogP contribution in [0, 0.1) is 18.3 Å². The Hall–Kier alpha value is -2.26. The minimum absolute atomic E-state index is 0.0190. The van der Waals surface area contributed by atoms with E-state index in [-0.39, 0.29) is 12.0 Å². The van der Waals surface area contributed by atoms with Crippen LogP contribution in [-0.4, -0.2) is 41.9 Å². The van der Waals surface area contributed by atoms with E-state index in [1.54, 1.807) is 17.9 Å². The Morgan fingerprint density at radius 3 is 2.48 bits per heavy atom. The van der Waals surface area contributed by atoms with E-state index < -0.39 is 11.7 Å². The van der Waals surface area contributed by atoms with Crippen molar-refractivity contribution in [2.75, 3.05) is 20.2 Å². The molecule has 0 radical (unpaired) electrons. The van der Waals surface area contributed by atoms with Gasteiger partial charge < -0.3 is 19.5 Å². The van der Waals surface area contributed by atoms with Gasteiger partial charge in [0.25, 0.3) is 0 Å². The Labute approximate surface area is 149 Å². The van der Waals surface area contributed by atoms with Gasteiger partial charge in [0, 0.05) is 30.1 Å². The first-order valence-corrected chi connectivity index (χ1v) is 8.36. The topological polar surface area (TPSA) is 82.8 Å². The third-order valence-corrected chi connectivity index (χ3v) is 4.25. The summed E-state index contributed by atoms with van der Waals surface area (Å²) < 4.78 is 10.9. The summed E-state index contributed by atoms with van der Waals surface area (Å²) in [6, 6.07) is 4.03. The first-order valence-electron chi connectivity index (χ1n) is 8.36. The van der Waals surface area contributed by atoms with Crippen molar-refractivity contribution in [1.29, 1.82) is 5.26 Å². The lowest BCUT2D eigenvalue weighted by Gasteiger charge is -2.41. The summed E-state index contributed by atoms with van der Waals surface area (Å²) in [7, 11) is 1.53. The molecule has 1 aliphatic rings. The van der Waals surface area contributed by atoms with Crippen molar-refractivity contribution in [2.24, 2.45) is 0 Å². The zero-order valence-electron chi connectivity index (χ0n) is 15.7. The lowest BCUT2D eigenvalue weighted by molar-refractivity contribution is 0.00793. The molecule has 25 heavy (non-hydrogen) atoms. The standard InChI is InChI=1S/C19H26N2O4/c1-11-7-14(12(2)22)17(24-6)16(15(11)8-20)13-9-21(10-13)18(23)25-19(3,4)5/h7,12-13,22H,9-10H2,1-6H3. The van der Waals surface area contributed by atoms with Crippen molar-refractivity contribution in [1.82, 2.24) is 4.90 Å². The highest BCUT2D eigenvalue weighted by Gasteiger charge is 2.38. The van der Waals surface area contributed by atoms with E-state index >= 15 is 0 Å². The number of hydrogen-bond donors (Lipinski definition) is 1. The minimum Gasteiger partial charge on any atom is -0.496 e. The van der Waals surface area contributed by atoms with Crippen molar-refractivity contribution in [3.63, 3.8) is 0 Å². The second-order valence-corrected chi connectivity index (χ2v) is 7.47. The van der Waals surface area contributed by atoms with Gasteiger partial charge in [-0.1, -0.05) is 0 Å². The van der Waals surface area contributed by atoms with Crippen LogP contribution in [0.3, 0.4) is 0 Å². The number of aliphatic hydroxyl groups excluding tert-OH is 1. The molecule has 1 saturated heterocycles. The van der Waals surface area contributed by atoms with Gasteiger partial charge in [0.1, 0.15) is 11.4 Å². The first kappa shape index (κ1) is 19.1. The van der Waals surface area contributed by atoms with Crippen molar-refractivity contribution in [3.05, 3.63) is 28.3 Å². The van der Waals surface area contributed by atoms with Gasteiger partial charge in [-0.2, -0.15) is 5.26 Å². The molecular formula is C19H26N2O4. The van der Waals surface area contributed by atoms with E-state index in [0.29, 0.717) is 30.0 Å². The third kappa shape index (κ3) is 3.88. The van der Waals surface area contributed by atoms with Crippen molar-refractivity contribution in [2.45, 2.75) is 52.2 Å². The fourth-order valence-electron chi connectivity index (χ4n) is 3.07. The fourth-order valence-corrected chi connectivity index (χ4v) is 3.07. The molecule has 6 nitrogen and oxygen atoms in total. The molecule has 1 aromatic carbocycles. The van der Waals surface area contributed by atoms with Crippen LogP contribution >= 0.6 is 0 Å². The summed E-state index contributed by atoms with van der Waals surface area (Å²) in [6.07, 6.45) is -1.06. The number of aliphatic hydroxyl groups is 1. The number of rotatable bonds is 3. The van der Waals surface area contributed by atoms with Gasteiger partial charge in [-0.15, -0.1) is 0 Å². The predicted octanol–water partition coefficient (Wildman–Crippen LogP) is 3.26. The maximum atomic E-state index is 12.1. The number of carbonyl (C=O) groups excluding carboxylic acids is 1. The smallest absolute Gasteiger partial charge is 0.410 e. The molecule has 136 valence electrons. The number of benzene rings is 1. The number of nitrogens with zero attached hydrogens (tertiary/aromatic N) is 2. The van der Waals surface area contributed by atoms with E-state index in [1.807, 2.05) is 27.7 Å². The van der Waals surface area contributed by atoms with Gasteiger partial charge in [0.15, 0.2) is 0 Å². The third-order valence-electron chi connectivity index (χ3n) is 4.25. The van der Waals surface area contributed by atoms with Crippen molar-refractivity contribution < 1.29 is 19.4 Å². The van der Waals surface area contributed by atoms with Crippen LogP contribution in [0.2, 0.25) is 0 Å². The molecule has 2 rings (SSSR count). The molecule has 1 atom stereocenters. The number of methoxy groups -OCH3 is 1. The van der Waals surface area contributed by atoms with E-state index in [4.69, 9.17) is 9.47 Å². The molecule has 1 heterocycles. The highest BCUT2D eigenvalue weighted by atomic mass is 16.6. The van der Waals surface area contributed by atoms with Crippen LogP contribution in [0.5, 0.6) is 5.75 Å². The van der Waals surface area contributed by atoms with Gasteiger partial charge in [0.05, 0.1) is 24.8 Å². The van der Waals surface area contributed by atoms with Gasteiger partial charge in [0.2, 0.25) is 0 Å². The summed E-state index contributed by atoms with van der Waals surface area (Å²) in [4.78, 5) is 13.7. The Balaban J connectivity index is 2.32. The summed E-state index contributed by atoms with van der Waals surface area (Å²) in [5.41, 5.74) is 2.23. The number of likely N-dealkylation sites (tertiary alicyclic amines) is 1. The molecule has 1 N–H and O–H groups in total. The lowest BCUT2D eigenvalue weighted by Crippen LogP contribution is -2.50. The molecule has 1 aliphatic heterocycles. The highest BCUT2D eigenvalue weighted by molar-refractivity contribution is 5.70. The van der Waals surface area contributed by atoms with E-state index in [1.165, 1.54) is 7.11 Å². The number of amides is 1. The monoisotopic (exact) mass is 346 g/mol. The quantitative estimate of drug-likeness (QED) is 0.908. The maximum Gasteiger partial charge on any atom is 0.410 e. The number of hydrogen-bond acceptors (Lipinski definition) is 5. The molecule has 0 aromatic heterocycles. The largest absolute Gasteiger partial charge is 0.496 e. The lowest BCUT2D eigenvalue weighted by atomic mass is 9.83. The van der Waals surface area contributed by atoms with E-state index in [9.17, 15) is 15.2 Å². The first-order chi connectivity index (χ1) is 11.6. The highest BCUT2D eigenvalue weighted by Crippen LogP contribution is 2.41. The molecular weight excluding hydrogens is 320 g/mol. The van der Waals surface area contributed by atoms with Crippen LogP contribution in [0.15, 0.2) is 6.07 Å². The van der Waals surface area contributed by atoms with Gasteiger partial charge >= 0.3 is 6.09 Å². The molecule has 0 bridgehead atoms. The number of carbonyl (C=O) groups is 1. The number of ether oxygens (including phenoxy) is 2. The number of nitriles is 1. The Bertz CT molecular complexity index is 708. The van der Waals surface area contributed by atoms with Crippen LogP contribution < -0.4 is 4.74 Å². The van der Waals surface area contributed by atoms with Crippen molar-refractivity contribution >= 4 is 6.09 Å². The average Bonchev–Trinajstić information content (AvgIpc) is 2.43. The second-order valence-electron chi connectivity index (χ2n) is 7.47. The molecule has 1 amide bonds. The zero-order valence-corrected chi connectivity index (χ0v) is 15.7. The van der Waals surface area contributed by atoms with Gasteiger partial charge in [-0.05, 0) is 46.2 Å². The molecule has 1 fully saturated rings. The molecule has 1 aromatic rings. The van der Waals surface area contributed by atoms with E-state index in [2.05, 4.69) is 6.07 Å². The molecule has 0 saturated carbocycles. The summed E-state index contributed by atoms with van der Waals surface area (Å²) >= 11 is 0. The van der Waals surface area contributed by atoms with Crippen LogP contribution in [-0.2, 0) is 4.74 Å². The Morgan fingerprint density at radius 1 is 1.44 bits per heavy atom.